The van der Waals surface area contributed by atoms with Crippen molar-refractivity contribution in [2.24, 2.45) is 0 Å². The number of nitrogens with one attached hydrogen (secondary N) is 1. The summed E-state index contributed by atoms with van der Waals surface area (Å²) in [5.74, 6) is -0.110. The summed E-state index contributed by atoms with van der Waals surface area (Å²) in [4.78, 5) is 12.0. The maximum atomic E-state index is 12.0. The molecule has 1 heterocycles. The van der Waals surface area contributed by atoms with Crippen molar-refractivity contribution in [2.75, 3.05) is 11.1 Å². The molecule has 0 bridgehead atoms. The van der Waals surface area contributed by atoms with Crippen molar-refractivity contribution in [3.8, 4) is 0 Å². The molecule has 2 rings (SSSR count). The SMILES string of the molecule is Cc1ccc(N)c(NC(=O)c2cscc2C)c1. The minimum Gasteiger partial charge on any atom is -0.397 e. The van der Waals surface area contributed by atoms with E-state index in [-0.39, 0.29) is 5.91 Å². The number of rotatable bonds is 2. The maximum Gasteiger partial charge on any atom is 0.256 e. The Balaban J connectivity index is 2.24. The van der Waals surface area contributed by atoms with Gasteiger partial charge in [-0.05, 0) is 42.5 Å². The Morgan fingerprint density at radius 1 is 1.29 bits per heavy atom. The fourth-order valence-corrected chi connectivity index (χ4v) is 2.39. The molecule has 0 saturated heterocycles. The first-order valence-corrected chi connectivity index (χ1v) is 6.22. The highest BCUT2D eigenvalue weighted by atomic mass is 32.1. The largest absolute Gasteiger partial charge is 0.397 e. The highest BCUT2D eigenvalue weighted by Gasteiger charge is 2.11. The molecule has 1 aromatic heterocycles. The summed E-state index contributed by atoms with van der Waals surface area (Å²) in [6.45, 7) is 3.88. The van der Waals surface area contributed by atoms with Crippen LogP contribution in [0.4, 0.5) is 11.4 Å². The molecule has 0 spiro atoms. The molecule has 3 N–H and O–H groups in total. The van der Waals surface area contributed by atoms with E-state index in [2.05, 4.69) is 5.32 Å². The molecule has 1 amide bonds. The van der Waals surface area contributed by atoms with Gasteiger partial charge in [0.2, 0.25) is 0 Å². The molecule has 88 valence electrons. The topological polar surface area (TPSA) is 55.1 Å². The lowest BCUT2D eigenvalue weighted by atomic mass is 10.1. The first kappa shape index (κ1) is 11.7. The van der Waals surface area contributed by atoms with E-state index in [4.69, 9.17) is 5.73 Å². The molecule has 0 aliphatic carbocycles. The van der Waals surface area contributed by atoms with Gasteiger partial charge in [0, 0.05) is 5.38 Å². The van der Waals surface area contributed by atoms with E-state index in [1.165, 1.54) is 11.3 Å². The molecule has 0 aliphatic heterocycles. The molecule has 0 radical (unpaired) electrons. The van der Waals surface area contributed by atoms with E-state index in [1.54, 1.807) is 6.07 Å². The van der Waals surface area contributed by atoms with Gasteiger partial charge in [-0.3, -0.25) is 4.79 Å². The highest BCUT2D eigenvalue weighted by Crippen LogP contribution is 2.22. The van der Waals surface area contributed by atoms with Gasteiger partial charge in [0.05, 0.1) is 16.9 Å². The van der Waals surface area contributed by atoms with Gasteiger partial charge < -0.3 is 11.1 Å². The Kier molecular flexibility index (Phi) is 3.15. The van der Waals surface area contributed by atoms with Gasteiger partial charge in [0.1, 0.15) is 0 Å². The van der Waals surface area contributed by atoms with Gasteiger partial charge in [0.25, 0.3) is 5.91 Å². The van der Waals surface area contributed by atoms with E-state index in [0.717, 1.165) is 11.1 Å². The Morgan fingerprint density at radius 2 is 2.06 bits per heavy atom. The zero-order valence-corrected chi connectivity index (χ0v) is 10.6. The third-order valence-electron chi connectivity index (χ3n) is 2.56. The predicted molar refractivity (Wildman–Crippen MR) is 72.6 cm³/mol. The monoisotopic (exact) mass is 246 g/mol. The van der Waals surface area contributed by atoms with Crippen LogP contribution in [0.3, 0.4) is 0 Å². The Morgan fingerprint density at radius 3 is 2.71 bits per heavy atom. The zero-order chi connectivity index (χ0) is 12.4. The number of nitrogens with two attached hydrogens (primary N) is 1. The summed E-state index contributed by atoms with van der Waals surface area (Å²) in [5.41, 5.74) is 9.82. The van der Waals surface area contributed by atoms with E-state index < -0.39 is 0 Å². The van der Waals surface area contributed by atoms with E-state index in [0.29, 0.717) is 16.9 Å². The summed E-state index contributed by atoms with van der Waals surface area (Å²) >= 11 is 1.52. The number of carbonyl (C=O) groups excluding carboxylic acids is 1. The fraction of sp³-hybridized carbons (Fsp3) is 0.154. The quantitative estimate of drug-likeness (QED) is 0.799. The second-order valence-electron chi connectivity index (χ2n) is 4.01. The van der Waals surface area contributed by atoms with Gasteiger partial charge in [-0.15, -0.1) is 0 Å². The van der Waals surface area contributed by atoms with Crippen molar-refractivity contribution in [3.05, 3.63) is 45.6 Å². The lowest BCUT2D eigenvalue weighted by Gasteiger charge is -2.08. The van der Waals surface area contributed by atoms with Crippen molar-refractivity contribution in [1.29, 1.82) is 0 Å². The predicted octanol–water partition coefficient (Wildman–Crippen LogP) is 3.20. The van der Waals surface area contributed by atoms with Crippen molar-refractivity contribution >= 4 is 28.6 Å². The van der Waals surface area contributed by atoms with E-state index in [1.807, 2.05) is 36.7 Å². The number of aryl methyl sites for hydroxylation is 2. The van der Waals surface area contributed by atoms with Gasteiger partial charge in [-0.1, -0.05) is 6.07 Å². The Bertz CT molecular complexity index is 560. The van der Waals surface area contributed by atoms with Gasteiger partial charge >= 0.3 is 0 Å². The first-order valence-electron chi connectivity index (χ1n) is 5.28. The molecule has 1 aromatic carbocycles. The number of anilines is 2. The molecule has 3 nitrogen and oxygen atoms in total. The molecular weight excluding hydrogens is 232 g/mol. The summed E-state index contributed by atoms with van der Waals surface area (Å²) in [6, 6.07) is 5.58. The Hall–Kier alpha value is -1.81. The summed E-state index contributed by atoms with van der Waals surface area (Å²) in [7, 11) is 0. The van der Waals surface area contributed by atoms with Crippen LogP contribution in [0.25, 0.3) is 0 Å². The van der Waals surface area contributed by atoms with Crippen LogP contribution in [0.5, 0.6) is 0 Å². The van der Waals surface area contributed by atoms with Gasteiger partial charge in [-0.25, -0.2) is 0 Å². The first-order chi connectivity index (χ1) is 8.08. The van der Waals surface area contributed by atoms with Gasteiger partial charge in [0.15, 0.2) is 0 Å². The molecule has 0 saturated carbocycles. The molecule has 17 heavy (non-hydrogen) atoms. The van der Waals surface area contributed by atoms with Crippen LogP contribution in [-0.4, -0.2) is 5.91 Å². The van der Waals surface area contributed by atoms with Crippen LogP contribution in [0.15, 0.2) is 29.0 Å². The second kappa shape index (κ2) is 4.59. The number of thiophene rings is 1. The minimum atomic E-state index is -0.110. The summed E-state index contributed by atoms with van der Waals surface area (Å²) in [6.07, 6.45) is 0. The van der Waals surface area contributed by atoms with Crippen LogP contribution in [0, 0.1) is 13.8 Å². The van der Waals surface area contributed by atoms with E-state index >= 15 is 0 Å². The number of amides is 1. The van der Waals surface area contributed by atoms with Crippen LogP contribution >= 0.6 is 11.3 Å². The van der Waals surface area contributed by atoms with Crippen LogP contribution in [-0.2, 0) is 0 Å². The van der Waals surface area contributed by atoms with E-state index in [9.17, 15) is 4.79 Å². The molecule has 0 unspecified atom stereocenters. The number of hydrogen-bond acceptors (Lipinski definition) is 3. The highest BCUT2D eigenvalue weighted by molar-refractivity contribution is 7.08. The standard InChI is InChI=1S/C13H14N2OS/c1-8-3-4-11(14)12(5-8)15-13(16)10-7-17-6-9(10)2/h3-7H,14H2,1-2H3,(H,15,16). The molecule has 0 atom stereocenters. The van der Waals surface area contributed by atoms with Crippen LogP contribution in [0.1, 0.15) is 21.5 Å². The minimum absolute atomic E-state index is 0.110. The number of benzene rings is 1. The van der Waals surface area contributed by atoms with Crippen LogP contribution in [0.2, 0.25) is 0 Å². The average molecular weight is 246 g/mol. The number of carbonyl (C=O) groups is 1. The van der Waals surface area contributed by atoms with Crippen molar-refractivity contribution in [3.63, 3.8) is 0 Å². The Labute approximate surface area is 104 Å². The maximum absolute atomic E-state index is 12.0. The molecule has 2 aromatic rings. The normalized spacial score (nSPS) is 10.2. The molecule has 4 heteroatoms. The zero-order valence-electron chi connectivity index (χ0n) is 9.78. The fourth-order valence-electron chi connectivity index (χ4n) is 1.56. The van der Waals surface area contributed by atoms with Crippen molar-refractivity contribution < 1.29 is 4.79 Å². The third-order valence-corrected chi connectivity index (χ3v) is 3.42. The lowest BCUT2D eigenvalue weighted by Crippen LogP contribution is -2.13. The van der Waals surface area contributed by atoms with Crippen molar-refractivity contribution in [1.82, 2.24) is 0 Å². The number of nitrogen functional groups attached to an aromatic ring is 1. The van der Waals surface area contributed by atoms with Gasteiger partial charge in [-0.2, -0.15) is 11.3 Å². The third kappa shape index (κ3) is 2.47. The summed E-state index contributed by atoms with van der Waals surface area (Å²) < 4.78 is 0. The van der Waals surface area contributed by atoms with Crippen molar-refractivity contribution in [2.45, 2.75) is 13.8 Å². The smallest absolute Gasteiger partial charge is 0.256 e. The second-order valence-corrected chi connectivity index (χ2v) is 4.76. The number of hydrogen-bond donors (Lipinski definition) is 2. The molecule has 0 aliphatic rings. The molecule has 0 fully saturated rings. The van der Waals surface area contributed by atoms with Crippen LogP contribution < -0.4 is 11.1 Å². The lowest BCUT2D eigenvalue weighted by molar-refractivity contribution is 0.102. The average Bonchev–Trinajstić information content (AvgIpc) is 2.70. The summed E-state index contributed by atoms with van der Waals surface area (Å²) in [5, 5.41) is 6.63. The molecular formula is C13H14N2OS.